The second-order valence-electron chi connectivity index (χ2n) is 8.78. The molecule has 1 fully saturated rings. The molecule has 8 heteroatoms. The van der Waals surface area contributed by atoms with Crippen molar-refractivity contribution < 1.29 is 8.91 Å². The van der Waals surface area contributed by atoms with Gasteiger partial charge >= 0.3 is 0 Å². The summed E-state index contributed by atoms with van der Waals surface area (Å²) >= 11 is 0. The van der Waals surface area contributed by atoms with Gasteiger partial charge in [-0.05, 0) is 37.5 Å². The highest BCUT2D eigenvalue weighted by molar-refractivity contribution is 5.80. The quantitative estimate of drug-likeness (QED) is 0.556. The molecule has 0 spiro atoms. The highest BCUT2D eigenvalue weighted by Crippen LogP contribution is 2.19. The van der Waals surface area contributed by atoms with Gasteiger partial charge in [-0.2, -0.15) is 4.98 Å². The molecule has 7 nitrogen and oxygen atoms in total. The molecule has 1 aromatic carbocycles. The number of halogens is 1. The highest BCUT2D eigenvalue weighted by atomic mass is 19.1. The maximum atomic E-state index is 13.1. The number of benzene rings is 1. The molecule has 0 amide bonds. The molecule has 1 saturated heterocycles. The molecule has 0 radical (unpaired) electrons. The van der Waals surface area contributed by atoms with Crippen LogP contribution in [0.5, 0.6) is 0 Å². The summed E-state index contributed by atoms with van der Waals surface area (Å²) in [6, 6.07) is 7.13. The lowest BCUT2D eigenvalue weighted by Crippen LogP contribution is -2.48. The topological polar surface area (TPSA) is 78.6 Å². The predicted octanol–water partition coefficient (Wildman–Crippen LogP) is 3.23. The van der Waals surface area contributed by atoms with E-state index in [1.165, 1.54) is 12.1 Å². The number of nitrogens with zero attached hydrogens (tertiary/aromatic N) is 4. The lowest BCUT2D eigenvalue weighted by Gasteiger charge is -2.33. The first-order valence-electron chi connectivity index (χ1n) is 10.7. The minimum Gasteiger partial charge on any atom is -0.357 e. The minimum atomic E-state index is -0.188. The number of aromatic nitrogens is 2. The van der Waals surface area contributed by atoms with Crippen molar-refractivity contribution in [3.8, 4) is 0 Å². The molecule has 0 unspecified atom stereocenters. The van der Waals surface area contributed by atoms with E-state index in [-0.39, 0.29) is 11.2 Å². The van der Waals surface area contributed by atoms with Gasteiger partial charge < -0.3 is 15.2 Å². The zero-order valence-corrected chi connectivity index (χ0v) is 18.4. The Morgan fingerprint density at radius 2 is 1.93 bits per heavy atom. The summed E-state index contributed by atoms with van der Waals surface area (Å²) in [5.74, 6) is 1.80. The molecule has 0 atom stereocenters. The van der Waals surface area contributed by atoms with E-state index in [2.05, 4.69) is 37.6 Å². The lowest BCUT2D eigenvalue weighted by atomic mass is 9.97. The van der Waals surface area contributed by atoms with Crippen molar-refractivity contribution in [2.75, 3.05) is 19.6 Å². The SMILES string of the molecule is CCNC(=NCc1noc(C(C)(C)C)n1)NC1CCN(Cc2ccc(F)cc2)CC1. The van der Waals surface area contributed by atoms with Crippen LogP contribution in [0.1, 0.15) is 57.8 Å². The molecular weight excluding hydrogens is 383 g/mol. The van der Waals surface area contributed by atoms with Gasteiger partial charge in [0.1, 0.15) is 12.4 Å². The third-order valence-electron chi connectivity index (χ3n) is 5.08. The van der Waals surface area contributed by atoms with Gasteiger partial charge in [-0.25, -0.2) is 9.38 Å². The third-order valence-corrected chi connectivity index (χ3v) is 5.08. The number of hydrogen-bond donors (Lipinski definition) is 2. The Morgan fingerprint density at radius 3 is 2.53 bits per heavy atom. The first-order valence-corrected chi connectivity index (χ1v) is 10.7. The van der Waals surface area contributed by atoms with Crippen LogP contribution in [0, 0.1) is 5.82 Å². The van der Waals surface area contributed by atoms with E-state index in [0.29, 0.717) is 24.3 Å². The minimum absolute atomic E-state index is 0.167. The first-order chi connectivity index (χ1) is 14.3. The van der Waals surface area contributed by atoms with Gasteiger partial charge in [0.2, 0.25) is 5.89 Å². The standard InChI is InChI=1S/C22H33FN6O/c1-5-24-21(25-14-19-27-20(30-28-19)22(2,3)4)26-18-10-12-29(13-11-18)15-16-6-8-17(23)9-7-16/h6-9,18H,5,10-15H2,1-4H3,(H2,24,25,26). The van der Waals surface area contributed by atoms with E-state index in [1.807, 2.05) is 32.9 Å². The number of guanidine groups is 1. The summed E-state index contributed by atoms with van der Waals surface area (Å²) < 4.78 is 18.4. The van der Waals surface area contributed by atoms with Crippen molar-refractivity contribution in [3.05, 3.63) is 47.4 Å². The van der Waals surface area contributed by atoms with Crippen LogP contribution in [0.4, 0.5) is 4.39 Å². The van der Waals surface area contributed by atoms with Gasteiger partial charge in [0.25, 0.3) is 0 Å². The van der Waals surface area contributed by atoms with Crippen LogP contribution < -0.4 is 10.6 Å². The summed E-state index contributed by atoms with van der Waals surface area (Å²) in [4.78, 5) is 11.5. The molecule has 2 N–H and O–H groups in total. The molecule has 0 saturated carbocycles. The summed E-state index contributed by atoms with van der Waals surface area (Å²) in [5.41, 5.74) is 0.979. The van der Waals surface area contributed by atoms with E-state index >= 15 is 0 Å². The average molecular weight is 417 g/mol. The molecule has 1 aliphatic heterocycles. The summed E-state index contributed by atoms with van der Waals surface area (Å²) in [6.45, 7) is 12.2. The van der Waals surface area contributed by atoms with Crippen molar-refractivity contribution in [1.82, 2.24) is 25.7 Å². The number of aliphatic imine (C=N–C) groups is 1. The van der Waals surface area contributed by atoms with E-state index in [9.17, 15) is 4.39 Å². The second kappa shape index (κ2) is 10.0. The fraction of sp³-hybridized carbons (Fsp3) is 0.591. The maximum absolute atomic E-state index is 13.1. The number of rotatable bonds is 6. The Morgan fingerprint density at radius 1 is 1.23 bits per heavy atom. The zero-order valence-electron chi connectivity index (χ0n) is 18.4. The van der Waals surface area contributed by atoms with Crippen LogP contribution in [0.2, 0.25) is 0 Å². The van der Waals surface area contributed by atoms with Gasteiger partial charge in [-0.3, -0.25) is 4.90 Å². The molecule has 2 aromatic rings. The van der Waals surface area contributed by atoms with E-state index < -0.39 is 0 Å². The number of piperidine rings is 1. The molecule has 1 aliphatic rings. The number of likely N-dealkylation sites (tertiary alicyclic amines) is 1. The van der Waals surface area contributed by atoms with Gasteiger partial charge in [0.15, 0.2) is 11.8 Å². The van der Waals surface area contributed by atoms with E-state index in [1.54, 1.807) is 0 Å². The maximum Gasteiger partial charge on any atom is 0.232 e. The fourth-order valence-electron chi connectivity index (χ4n) is 3.37. The Hall–Kier alpha value is -2.48. The van der Waals surface area contributed by atoms with E-state index in [0.717, 1.165) is 50.5 Å². The van der Waals surface area contributed by atoms with Gasteiger partial charge in [-0.1, -0.05) is 38.1 Å². The first kappa shape index (κ1) is 22.2. The van der Waals surface area contributed by atoms with Crippen molar-refractivity contribution in [2.24, 2.45) is 4.99 Å². The Bertz CT molecular complexity index is 819. The number of nitrogens with one attached hydrogen (secondary N) is 2. The van der Waals surface area contributed by atoms with Crippen LogP contribution in [0.3, 0.4) is 0 Å². The van der Waals surface area contributed by atoms with Crippen molar-refractivity contribution >= 4 is 5.96 Å². The summed E-state index contributed by atoms with van der Waals surface area (Å²) in [5, 5.41) is 10.9. The normalized spacial score (nSPS) is 16.6. The Labute approximate surface area is 178 Å². The van der Waals surface area contributed by atoms with Crippen molar-refractivity contribution in [3.63, 3.8) is 0 Å². The Balaban J connectivity index is 1.50. The van der Waals surface area contributed by atoms with Gasteiger partial charge in [0.05, 0.1) is 0 Å². The molecule has 30 heavy (non-hydrogen) atoms. The van der Waals surface area contributed by atoms with Gasteiger partial charge in [-0.15, -0.1) is 0 Å². The van der Waals surface area contributed by atoms with Gasteiger partial charge in [0, 0.05) is 37.6 Å². The predicted molar refractivity (Wildman–Crippen MR) is 116 cm³/mol. The summed E-state index contributed by atoms with van der Waals surface area (Å²) in [6.07, 6.45) is 2.06. The lowest BCUT2D eigenvalue weighted by molar-refractivity contribution is 0.198. The van der Waals surface area contributed by atoms with Crippen LogP contribution in [-0.2, 0) is 18.5 Å². The molecule has 0 aliphatic carbocycles. The van der Waals surface area contributed by atoms with Crippen molar-refractivity contribution in [2.45, 2.75) is 65.1 Å². The van der Waals surface area contributed by atoms with Crippen LogP contribution in [-0.4, -0.2) is 46.7 Å². The average Bonchev–Trinajstić information content (AvgIpc) is 3.19. The molecular formula is C22H33FN6O. The zero-order chi connectivity index (χ0) is 21.6. The summed E-state index contributed by atoms with van der Waals surface area (Å²) in [7, 11) is 0. The third kappa shape index (κ3) is 6.52. The second-order valence-corrected chi connectivity index (χ2v) is 8.78. The smallest absolute Gasteiger partial charge is 0.232 e. The molecule has 2 heterocycles. The number of hydrogen-bond acceptors (Lipinski definition) is 5. The molecule has 164 valence electrons. The fourth-order valence-corrected chi connectivity index (χ4v) is 3.37. The monoisotopic (exact) mass is 416 g/mol. The molecule has 1 aromatic heterocycles. The van der Waals surface area contributed by atoms with Crippen LogP contribution in [0.25, 0.3) is 0 Å². The Kier molecular flexibility index (Phi) is 7.42. The van der Waals surface area contributed by atoms with Crippen LogP contribution >= 0.6 is 0 Å². The molecule has 0 bridgehead atoms. The van der Waals surface area contributed by atoms with Crippen molar-refractivity contribution in [1.29, 1.82) is 0 Å². The van der Waals surface area contributed by atoms with E-state index in [4.69, 9.17) is 4.52 Å². The molecule has 3 rings (SSSR count). The largest absolute Gasteiger partial charge is 0.357 e. The van der Waals surface area contributed by atoms with Crippen LogP contribution in [0.15, 0.2) is 33.8 Å². The highest BCUT2D eigenvalue weighted by Gasteiger charge is 2.22.